The van der Waals surface area contributed by atoms with E-state index in [9.17, 15) is 19.7 Å². The minimum absolute atomic E-state index is 0.114. The molecule has 3 rings (SSSR count). The maximum atomic E-state index is 12.2. The standard InChI is InChI=1S/C21H15N3O5/c25-20(16-6-2-1-3-7-16)23-22-14-15-5-4-8-19(13-15)29-21(26)17-9-11-18(12-10-17)24(27)28/h1-14H,(H,23,25)/b22-14-. The molecule has 0 spiro atoms. The molecule has 0 heterocycles. The molecular weight excluding hydrogens is 374 g/mol. The number of nitro groups is 1. The first-order valence-corrected chi connectivity index (χ1v) is 8.48. The van der Waals surface area contributed by atoms with Gasteiger partial charge < -0.3 is 4.74 Å². The fourth-order valence-corrected chi connectivity index (χ4v) is 2.36. The van der Waals surface area contributed by atoms with Crippen LogP contribution in [0.15, 0.2) is 84.0 Å². The molecule has 0 saturated carbocycles. The molecule has 0 aromatic heterocycles. The van der Waals surface area contributed by atoms with Crippen molar-refractivity contribution in [3.63, 3.8) is 0 Å². The summed E-state index contributed by atoms with van der Waals surface area (Å²) >= 11 is 0. The molecule has 0 bridgehead atoms. The zero-order valence-electron chi connectivity index (χ0n) is 15.0. The van der Waals surface area contributed by atoms with Crippen LogP contribution in [0.5, 0.6) is 5.75 Å². The molecule has 0 aliphatic carbocycles. The molecule has 0 radical (unpaired) electrons. The summed E-state index contributed by atoms with van der Waals surface area (Å²) in [5.74, 6) is -0.722. The first-order valence-electron chi connectivity index (χ1n) is 8.48. The van der Waals surface area contributed by atoms with Crippen LogP contribution in [0, 0.1) is 10.1 Å². The number of carbonyl (C=O) groups excluding carboxylic acids is 2. The highest BCUT2D eigenvalue weighted by atomic mass is 16.6. The van der Waals surface area contributed by atoms with Crippen molar-refractivity contribution in [2.75, 3.05) is 0 Å². The van der Waals surface area contributed by atoms with Crippen LogP contribution in [0.2, 0.25) is 0 Å². The predicted molar refractivity (Wildman–Crippen MR) is 106 cm³/mol. The summed E-state index contributed by atoms with van der Waals surface area (Å²) in [5, 5.41) is 14.6. The van der Waals surface area contributed by atoms with Gasteiger partial charge in [-0.2, -0.15) is 5.10 Å². The Balaban J connectivity index is 1.62. The molecule has 0 unspecified atom stereocenters. The molecule has 3 aromatic carbocycles. The second-order valence-electron chi connectivity index (χ2n) is 5.83. The summed E-state index contributed by atoms with van der Waals surface area (Å²) in [4.78, 5) is 34.2. The minimum atomic E-state index is -0.647. The number of esters is 1. The highest BCUT2D eigenvalue weighted by molar-refractivity contribution is 5.95. The average molecular weight is 389 g/mol. The highest BCUT2D eigenvalue weighted by Gasteiger charge is 2.11. The number of nitrogens with zero attached hydrogens (tertiary/aromatic N) is 2. The van der Waals surface area contributed by atoms with Crippen LogP contribution in [0.25, 0.3) is 0 Å². The summed E-state index contributed by atoms with van der Waals surface area (Å²) in [7, 11) is 0. The van der Waals surface area contributed by atoms with E-state index < -0.39 is 10.9 Å². The van der Waals surface area contributed by atoms with Crippen LogP contribution in [0.1, 0.15) is 26.3 Å². The summed E-state index contributed by atoms with van der Waals surface area (Å²) in [5.41, 5.74) is 3.57. The van der Waals surface area contributed by atoms with Gasteiger partial charge in [-0.05, 0) is 42.0 Å². The van der Waals surface area contributed by atoms with Gasteiger partial charge in [0.1, 0.15) is 5.75 Å². The second kappa shape index (κ2) is 9.05. The number of carbonyl (C=O) groups is 2. The lowest BCUT2D eigenvalue weighted by molar-refractivity contribution is -0.384. The summed E-state index contributed by atoms with van der Waals surface area (Å²) in [6, 6.07) is 20.3. The monoisotopic (exact) mass is 389 g/mol. The van der Waals surface area contributed by atoms with E-state index in [0.29, 0.717) is 11.1 Å². The molecule has 0 aliphatic heterocycles. The van der Waals surface area contributed by atoms with E-state index >= 15 is 0 Å². The van der Waals surface area contributed by atoms with Crippen molar-refractivity contribution in [2.24, 2.45) is 5.10 Å². The second-order valence-corrected chi connectivity index (χ2v) is 5.83. The first kappa shape index (κ1) is 19.4. The van der Waals surface area contributed by atoms with Crippen molar-refractivity contribution < 1.29 is 19.2 Å². The third kappa shape index (κ3) is 5.33. The fourth-order valence-electron chi connectivity index (χ4n) is 2.36. The number of amides is 1. The Kier molecular flexibility index (Phi) is 6.06. The molecule has 8 nitrogen and oxygen atoms in total. The van der Waals surface area contributed by atoms with Gasteiger partial charge in [0, 0.05) is 17.7 Å². The zero-order valence-corrected chi connectivity index (χ0v) is 15.0. The largest absolute Gasteiger partial charge is 0.423 e. The van der Waals surface area contributed by atoms with Gasteiger partial charge in [0.2, 0.25) is 0 Å². The molecule has 1 amide bonds. The number of benzene rings is 3. The molecule has 3 aromatic rings. The predicted octanol–water partition coefficient (Wildman–Crippen LogP) is 3.58. The van der Waals surface area contributed by atoms with E-state index in [1.807, 2.05) is 6.07 Å². The van der Waals surface area contributed by atoms with Crippen molar-refractivity contribution in [2.45, 2.75) is 0 Å². The smallest absolute Gasteiger partial charge is 0.343 e. The lowest BCUT2D eigenvalue weighted by atomic mass is 10.2. The maximum absolute atomic E-state index is 12.2. The Labute approximate surface area is 165 Å². The van der Waals surface area contributed by atoms with Gasteiger partial charge in [-0.15, -0.1) is 0 Å². The van der Waals surface area contributed by atoms with Gasteiger partial charge in [0.25, 0.3) is 11.6 Å². The van der Waals surface area contributed by atoms with Gasteiger partial charge in [-0.1, -0.05) is 30.3 Å². The quantitative estimate of drug-likeness (QED) is 0.228. The van der Waals surface area contributed by atoms with Crippen LogP contribution in [0.3, 0.4) is 0 Å². The van der Waals surface area contributed by atoms with Gasteiger partial charge in [-0.3, -0.25) is 14.9 Å². The van der Waals surface area contributed by atoms with Crippen molar-refractivity contribution in [3.8, 4) is 5.75 Å². The third-order valence-electron chi connectivity index (χ3n) is 3.80. The van der Waals surface area contributed by atoms with Crippen molar-refractivity contribution >= 4 is 23.8 Å². The number of rotatable bonds is 6. The number of ether oxygens (including phenoxy) is 1. The number of nitro benzene ring substituents is 1. The molecule has 0 atom stereocenters. The normalized spacial score (nSPS) is 10.5. The topological polar surface area (TPSA) is 111 Å². The van der Waals surface area contributed by atoms with Crippen LogP contribution in [0.4, 0.5) is 5.69 Å². The van der Waals surface area contributed by atoms with Crippen LogP contribution < -0.4 is 10.2 Å². The number of hydrogen-bond acceptors (Lipinski definition) is 6. The summed E-state index contributed by atoms with van der Waals surface area (Å²) in [6.07, 6.45) is 1.42. The fraction of sp³-hybridized carbons (Fsp3) is 0. The summed E-state index contributed by atoms with van der Waals surface area (Å²) < 4.78 is 5.28. The van der Waals surface area contributed by atoms with E-state index in [1.54, 1.807) is 48.5 Å². The van der Waals surface area contributed by atoms with Crippen molar-refractivity contribution in [1.82, 2.24) is 5.43 Å². The Morgan fingerprint density at radius 2 is 1.66 bits per heavy atom. The number of hydrogen-bond donors (Lipinski definition) is 1. The lowest BCUT2D eigenvalue weighted by Crippen LogP contribution is -2.17. The molecule has 29 heavy (non-hydrogen) atoms. The van der Waals surface area contributed by atoms with E-state index in [1.165, 1.54) is 30.5 Å². The molecule has 8 heteroatoms. The molecule has 0 fully saturated rings. The summed E-state index contributed by atoms with van der Waals surface area (Å²) in [6.45, 7) is 0. The van der Waals surface area contributed by atoms with Gasteiger partial charge >= 0.3 is 5.97 Å². The van der Waals surface area contributed by atoms with Crippen LogP contribution >= 0.6 is 0 Å². The Bertz CT molecular complexity index is 1060. The van der Waals surface area contributed by atoms with Crippen molar-refractivity contribution in [1.29, 1.82) is 0 Å². The van der Waals surface area contributed by atoms with Gasteiger partial charge in [-0.25, -0.2) is 10.2 Å². The molecule has 0 saturated heterocycles. The minimum Gasteiger partial charge on any atom is -0.423 e. The molecule has 144 valence electrons. The number of non-ortho nitro benzene ring substituents is 1. The lowest BCUT2D eigenvalue weighted by Gasteiger charge is -2.05. The molecule has 1 N–H and O–H groups in total. The van der Waals surface area contributed by atoms with Gasteiger partial charge in [0.15, 0.2) is 0 Å². The van der Waals surface area contributed by atoms with Crippen LogP contribution in [-0.2, 0) is 0 Å². The molecule has 0 aliphatic rings. The highest BCUT2D eigenvalue weighted by Crippen LogP contribution is 2.16. The first-order chi connectivity index (χ1) is 14.0. The van der Waals surface area contributed by atoms with Crippen LogP contribution in [-0.4, -0.2) is 23.0 Å². The number of hydrazone groups is 1. The SMILES string of the molecule is O=C(N/N=C\c1cccc(OC(=O)c2ccc([N+](=O)[O-])cc2)c1)c1ccccc1. The van der Waals surface area contributed by atoms with Gasteiger partial charge in [0.05, 0.1) is 16.7 Å². The van der Waals surface area contributed by atoms with E-state index in [2.05, 4.69) is 10.5 Å². The molecular formula is C21H15N3O5. The van der Waals surface area contributed by atoms with E-state index in [4.69, 9.17) is 4.74 Å². The number of nitrogens with one attached hydrogen (secondary N) is 1. The average Bonchev–Trinajstić information content (AvgIpc) is 2.74. The van der Waals surface area contributed by atoms with E-state index in [0.717, 1.165) is 0 Å². The van der Waals surface area contributed by atoms with Crippen molar-refractivity contribution in [3.05, 3.63) is 106 Å². The van der Waals surface area contributed by atoms with E-state index in [-0.39, 0.29) is 22.9 Å². The maximum Gasteiger partial charge on any atom is 0.343 e. The Hall–Kier alpha value is -4.33. The zero-order chi connectivity index (χ0) is 20.6. The Morgan fingerprint density at radius 3 is 2.34 bits per heavy atom. The third-order valence-corrected chi connectivity index (χ3v) is 3.80. The Morgan fingerprint density at radius 1 is 0.931 bits per heavy atom.